The lowest BCUT2D eigenvalue weighted by molar-refractivity contribution is -0.0612. The van der Waals surface area contributed by atoms with Gasteiger partial charge in [0.2, 0.25) is 0 Å². The monoisotopic (exact) mass is 485 g/mol. The number of benzene rings is 1. The number of anilines is 1. The van der Waals surface area contributed by atoms with E-state index in [1.54, 1.807) is 20.0 Å². The number of hydrogen-bond acceptors (Lipinski definition) is 6. The Morgan fingerprint density at radius 3 is 2.63 bits per heavy atom. The third kappa shape index (κ3) is 4.32. The summed E-state index contributed by atoms with van der Waals surface area (Å²) in [5.74, 6) is -0.548. The minimum atomic E-state index is -2.91. The molecule has 0 bridgehead atoms. The molecule has 1 saturated heterocycles. The highest BCUT2D eigenvalue weighted by Crippen LogP contribution is 2.31. The van der Waals surface area contributed by atoms with Gasteiger partial charge in [0.1, 0.15) is 23.6 Å². The van der Waals surface area contributed by atoms with Crippen molar-refractivity contribution in [2.75, 3.05) is 31.6 Å². The van der Waals surface area contributed by atoms with Crippen LogP contribution in [-0.2, 0) is 11.8 Å². The number of pyridine rings is 1. The predicted octanol–water partition coefficient (Wildman–Crippen LogP) is 4.07. The molecule has 0 saturated carbocycles. The SMILES string of the molecule is C[C@@H](Nc1ncnc2c1cc(C1=CCN(C3COC3)CC1)c(=O)n2C)c1cccc(C(F)F)c1F. The molecular weight excluding hydrogens is 459 g/mol. The van der Waals surface area contributed by atoms with Crippen LogP contribution in [0.5, 0.6) is 0 Å². The van der Waals surface area contributed by atoms with Crippen LogP contribution < -0.4 is 10.9 Å². The molecule has 3 aromatic rings. The van der Waals surface area contributed by atoms with Crippen molar-refractivity contribution in [1.82, 2.24) is 19.4 Å². The Morgan fingerprint density at radius 1 is 1.20 bits per heavy atom. The zero-order valence-corrected chi connectivity index (χ0v) is 19.5. The number of aromatic nitrogens is 3. The highest BCUT2D eigenvalue weighted by Gasteiger charge is 2.28. The van der Waals surface area contributed by atoms with Gasteiger partial charge in [-0.1, -0.05) is 24.3 Å². The lowest BCUT2D eigenvalue weighted by Gasteiger charge is -2.38. The number of fused-ring (bicyclic) bond motifs is 1. The number of rotatable bonds is 6. The molecule has 0 unspecified atom stereocenters. The Balaban J connectivity index is 1.50. The van der Waals surface area contributed by atoms with Crippen molar-refractivity contribution in [2.24, 2.45) is 7.05 Å². The predicted molar refractivity (Wildman–Crippen MR) is 127 cm³/mol. The number of nitrogens with zero attached hydrogens (tertiary/aromatic N) is 4. The second-order valence-corrected chi connectivity index (χ2v) is 8.96. The summed E-state index contributed by atoms with van der Waals surface area (Å²) in [6.45, 7) is 4.75. The highest BCUT2D eigenvalue weighted by atomic mass is 19.3. The normalized spacial score (nSPS) is 17.9. The quantitative estimate of drug-likeness (QED) is 0.568. The molecule has 1 atom stereocenters. The molecule has 2 aromatic heterocycles. The molecule has 184 valence electrons. The molecule has 1 fully saturated rings. The first kappa shape index (κ1) is 23.5. The fourth-order valence-electron chi connectivity index (χ4n) is 4.66. The lowest BCUT2D eigenvalue weighted by atomic mass is 9.98. The molecule has 5 rings (SSSR count). The Labute approximate surface area is 200 Å². The van der Waals surface area contributed by atoms with Gasteiger partial charge in [-0.2, -0.15) is 0 Å². The summed E-state index contributed by atoms with van der Waals surface area (Å²) < 4.78 is 47.8. The summed E-state index contributed by atoms with van der Waals surface area (Å²) in [4.78, 5) is 24.1. The average Bonchev–Trinajstić information content (AvgIpc) is 2.81. The van der Waals surface area contributed by atoms with E-state index in [-0.39, 0.29) is 11.1 Å². The fraction of sp³-hybridized carbons (Fsp3) is 0.400. The van der Waals surface area contributed by atoms with E-state index < -0.39 is 23.8 Å². The summed E-state index contributed by atoms with van der Waals surface area (Å²) in [6.07, 6.45) is 1.22. The maximum absolute atomic E-state index is 14.7. The number of nitrogens with one attached hydrogen (secondary N) is 1. The van der Waals surface area contributed by atoms with Gasteiger partial charge in [-0.15, -0.1) is 0 Å². The zero-order valence-electron chi connectivity index (χ0n) is 19.5. The van der Waals surface area contributed by atoms with Gasteiger partial charge in [0, 0.05) is 31.3 Å². The summed E-state index contributed by atoms with van der Waals surface area (Å²) in [5, 5.41) is 3.72. The van der Waals surface area contributed by atoms with Gasteiger partial charge in [-0.25, -0.2) is 23.1 Å². The standard InChI is InChI=1S/C25H26F3N5O2/c1-14(17-4-3-5-18(21(17)26)22(27)28)31-23-20-10-19(25(34)32(2)24(20)30-13-29-23)15-6-8-33(9-7-15)16-11-35-12-16/h3-6,10,13-14,16,22H,7-9,11-12H2,1-2H3,(H,29,30,31)/t14-/m1/s1. The van der Waals surface area contributed by atoms with Crippen LogP contribution in [0, 0.1) is 5.82 Å². The molecule has 0 radical (unpaired) electrons. The van der Waals surface area contributed by atoms with E-state index in [1.807, 2.05) is 0 Å². The second kappa shape index (κ2) is 9.43. The van der Waals surface area contributed by atoms with E-state index in [0.717, 1.165) is 44.4 Å². The molecule has 4 heterocycles. The van der Waals surface area contributed by atoms with E-state index in [4.69, 9.17) is 4.74 Å². The van der Waals surface area contributed by atoms with Crippen molar-refractivity contribution in [3.63, 3.8) is 0 Å². The van der Waals surface area contributed by atoms with Crippen molar-refractivity contribution in [3.8, 4) is 0 Å². The minimum Gasteiger partial charge on any atom is -0.378 e. The minimum absolute atomic E-state index is 0.106. The third-order valence-electron chi connectivity index (χ3n) is 6.84. The van der Waals surface area contributed by atoms with Gasteiger partial charge >= 0.3 is 0 Å². The molecular formula is C25H26F3N5O2. The van der Waals surface area contributed by atoms with E-state index in [1.165, 1.54) is 23.0 Å². The topological polar surface area (TPSA) is 72.3 Å². The van der Waals surface area contributed by atoms with Gasteiger partial charge in [-0.05, 0) is 25.0 Å². The molecule has 0 spiro atoms. The highest BCUT2D eigenvalue weighted by molar-refractivity contribution is 5.89. The van der Waals surface area contributed by atoms with Crippen LogP contribution in [-0.4, -0.2) is 51.8 Å². The molecule has 1 aromatic carbocycles. The van der Waals surface area contributed by atoms with E-state index in [0.29, 0.717) is 28.5 Å². The van der Waals surface area contributed by atoms with E-state index in [9.17, 15) is 18.0 Å². The molecule has 35 heavy (non-hydrogen) atoms. The van der Waals surface area contributed by atoms with Gasteiger partial charge in [-0.3, -0.25) is 14.3 Å². The third-order valence-corrected chi connectivity index (χ3v) is 6.84. The van der Waals surface area contributed by atoms with Crippen molar-refractivity contribution >= 4 is 22.4 Å². The van der Waals surface area contributed by atoms with Crippen LogP contribution in [0.2, 0.25) is 0 Å². The van der Waals surface area contributed by atoms with Crippen LogP contribution in [0.4, 0.5) is 19.0 Å². The number of alkyl halides is 2. The van der Waals surface area contributed by atoms with Gasteiger partial charge in [0.25, 0.3) is 12.0 Å². The first-order valence-corrected chi connectivity index (χ1v) is 11.5. The van der Waals surface area contributed by atoms with Crippen molar-refractivity contribution < 1.29 is 17.9 Å². The van der Waals surface area contributed by atoms with Crippen molar-refractivity contribution in [2.45, 2.75) is 31.9 Å². The first-order chi connectivity index (χ1) is 16.8. The Bertz CT molecular complexity index is 1350. The number of hydrogen-bond donors (Lipinski definition) is 1. The molecule has 10 heteroatoms. The first-order valence-electron chi connectivity index (χ1n) is 11.5. The van der Waals surface area contributed by atoms with E-state index >= 15 is 0 Å². The van der Waals surface area contributed by atoms with Crippen molar-refractivity contribution in [3.05, 3.63) is 69.5 Å². The van der Waals surface area contributed by atoms with E-state index in [2.05, 4.69) is 26.3 Å². The smallest absolute Gasteiger partial charge is 0.266 e. The maximum atomic E-state index is 14.7. The van der Waals surface area contributed by atoms with Gasteiger partial charge in [0.15, 0.2) is 0 Å². The molecule has 7 nitrogen and oxygen atoms in total. The van der Waals surface area contributed by atoms with Crippen molar-refractivity contribution in [1.29, 1.82) is 0 Å². The maximum Gasteiger partial charge on any atom is 0.266 e. The van der Waals surface area contributed by atoms with Crippen LogP contribution in [0.3, 0.4) is 0 Å². The molecule has 2 aliphatic rings. The van der Waals surface area contributed by atoms with Crippen LogP contribution >= 0.6 is 0 Å². The van der Waals surface area contributed by atoms with Crippen LogP contribution in [0.1, 0.15) is 42.5 Å². The average molecular weight is 486 g/mol. The Hall–Kier alpha value is -3.24. The molecule has 1 N–H and O–H groups in total. The Morgan fingerprint density at radius 2 is 1.97 bits per heavy atom. The summed E-state index contributed by atoms with van der Waals surface area (Å²) >= 11 is 0. The number of aryl methyl sites for hydroxylation is 1. The lowest BCUT2D eigenvalue weighted by Crippen LogP contribution is -2.50. The largest absolute Gasteiger partial charge is 0.378 e. The fourth-order valence-corrected chi connectivity index (χ4v) is 4.66. The van der Waals surface area contributed by atoms with Crippen LogP contribution in [0.25, 0.3) is 16.6 Å². The molecule has 2 aliphatic heterocycles. The summed E-state index contributed by atoms with van der Waals surface area (Å²) in [6, 6.07) is 5.51. The number of halogens is 3. The second-order valence-electron chi connectivity index (χ2n) is 8.96. The number of ether oxygens (including phenoxy) is 1. The van der Waals surface area contributed by atoms with Gasteiger partial charge < -0.3 is 10.1 Å². The van der Waals surface area contributed by atoms with Gasteiger partial charge in [0.05, 0.1) is 36.2 Å². The molecule has 0 amide bonds. The van der Waals surface area contributed by atoms with Crippen LogP contribution in [0.15, 0.2) is 41.5 Å². The Kier molecular flexibility index (Phi) is 6.33. The zero-order chi connectivity index (χ0) is 24.7. The molecule has 0 aliphatic carbocycles. The summed E-state index contributed by atoms with van der Waals surface area (Å²) in [5.41, 5.74) is 1.27. The summed E-state index contributed by atoms with van der Waals surface area (Å²) in [7, 11) is 1.65.